The second-order valence-electron chi connectivity index (χ2n) is 4.46. The summed E-state index contributed by atoms with van der Waals surface area (Å²) in [5.41, 5.74) is 8.79. The van der Waals surface area contributed by atoms with Gasteiger partial charge < -0.3 is 15.5 Å². The minimum Gasteiger partial charge on any atom is -0.497 e. The number of imidazole rings is 1. The van der Waals surface area contributed by atoms with Gasteiger partial charge in [-0.15, -0.1) is 0 Å². The summed E-state index contributed by atoms with van der Waals surface area (Å²) in [6, 6.07) is 7.91. The number of aryl methyl sites for hydroxylation is 1. The van der Waals surface area contributed by atoms with Crippen LogP contribution in [0.1, 0.15) is 24.4 Å². The number of nitrogens with one attached hydrogen (secondary N) is 1. The van der Waals surface area contributed by atoms with Crippen LogP contribution >= 0.6 is 0 Å². The molecule has 3 N–H and O–H groups in total. The first kappa shape index (κ1) is 12.6. The lowest BCUT2D eigenvalue weighted by atomic mass is 10.1. The van der Waals surface area contributed by atoms with Gasteiger partial charge in [-0.3, -0.25) is 0 Å². The van der Waals surface area contributed by atoms with Crippen molar-refractivity contribution in [3.63, 3.8) is 0 Å². The van der Waals surface area contributed by atoms with Crippen LogP contribution in [-0.2, 0) is 0 Å². The SMILES string of the molecule is COc1ccc(-c2nc(C(C)CN)[nH]c2C)cc1. The van der Waals surface area contributed by atoms with Crippen molar-refractivity contribution in [2.45, 2.75) is 19.8 Å². The van der Waals surface area contributed by atoms with Crippen LogP contribution in [-0.4, -0.2) is 23.6 Å². The zero-order chi connectivity index (χ0) is 13.1. The molecule has 0 saturated heterocycles. The molecule has 18 heavy (non-hydrogen) atoms. The molecule has 0 saturated carbocycles. The molecule has 0 fully saturated rings. The van der Waals surface area contributed by atoms with E-state index in [1.54, 1.807) is 7.11 Å². The first-order chi connectivity index (χ1) is 8.65. The first-order valence-corrected chi connectivity index (χ1v) is 6.06. The molecule has 0 amide bonds. The van der Waals surface area contributed by atoms with Crippen LogP contribution in [0.5, 0.6) is 5.75 Å². The Morgan fingerprint density at radius 3 is 2.56 bits per heavy atom. The van der Waals surface area contributed by atoms with Crippen LogP contribution in [0.4, 0.5) is 0 Å². The molecule has 1 aromatic carbocycles. The molecule has 0 aliphatic heterocycles. The fourth-order valence-electron chi connectivity index (χ4n) is 1.86. The number of hydrogen-bond donors (Lipinski definition) is 2. The monoisotopic (exact) mass is 245 g/mol. The van der Waals surface area contributed by atoms with E-state index in [4.69, 9.17) is 10.5 Å². The average molecular weight is 245 g/mol. The highest BCUT2D eigenvalue weighted by atomic mass is 16.5. The van der Waals surface area contributed by atoms with Crippen LogP contribution in [0.3, 0.4) is 0 Å². The van der Waals surface area contributed by atoms with Crippen molar-refractivity contribution in [1.82, 2.24) is 9.97 Å². The number of nitrogens with zero attached hydrogens (tertiary/aromatic N) is 1. The minimum atomic E-state index is 0.246. The summed E-state index contributed by atoms with van der Waals surface area (Å²) in [5.74, 6) is 2.04. The maximum atomic E-state index is 5.66. The van der Waals surface area contributed by atoms with Gasteiger partial charge in [-0.2, -0.15) is 0 Å². The van der Waals surface area contributed by atoms with Gasteiger partial charge in [0.15, 0.2) is 0 Å². The fraction of sp³-hybridized carbons (Fsp3) is 0.357. The van der Waals surface area contributed by atoms with Crippen LogP contribution in [0.15, 0.2) is 24.3 Å². The predicted molar refractivity (Wildman–Crippen MR) is 72.8 cm³/mol. The van der Waals surface area contributed by atoms with E-state index in [1.807, 2.05) is 31.2 Å². The van der Waals surface area contributed by atoms with E-state index in [9.17, 15) is 0 Å². The van der Waals surface area contributed by atoms with Crippen LogP contribution in [0.2, 0.25) is 0 Å². The summed E-state index contributed by atoms with van der Waals surface area (Å²) in [4.78, 5) is 7.93. The summed E-state index contributed by atoms with van der Waals surface area (Å²) in [7, 11) is 1.66. The van der Waals surface area contributed by atoms with Gasteiger partial charge in [-0.1, -0.05) is 6.92 Å². The largest absolute Gasteiger partial charge is 0.497 e. The molecule has 2 aromatic rings. The number of aromatic nitrogens is 2. The highest BCUT2D eigenvalue weighted by Gasteiger charge is 2.12. The molecule has 1 aromatic heterocycles. The lowest BCUT2D eigenvalue weighted by Gasteiger charge is -2.03. The Hall–Kier alpha value is -1.81. The normalized spacial score (nSPS) is 12.4. The number of hydrogen-bond acceptors (Lipinski definition) is 3. The smallest absolute Gasteiger partial charge is 0.118 e. The molecule has 4 heteroatoms. The van der Waals surface area contributed by atoms with Crippen molar-refractivity contribution >= 4 is 0 Å². The van der Waals surface area contributed by atoms with Gasteiger partial charge in [0.1, 0.15) is 11.6 Å². The third-order valence-electron chi connectivity index (χ3n) is 3.09. The van der Waals surface area contributed by atoms with E-state index in [2.05, 4.69) is 16.9 Å². The fourth-order valence-corrected chi connectivity index (χ4v) is 1.86. The average Bonchev–Trinajstić information content (AvgIpc) is 2.80. The maximum Gasteiger partial charge on any atom is 0.118 e. The number of ether oxygens (including phenoxy) is 1. The molecule has 0 aliphatic carbocycles. The number of rotatable bonds is 4. The summed E-state index contributed by atoms with van der Waals surface area (Å²) < 4.78 is 5.15. The van der Waals surface area contributed by atoms with E-state index in [-0.39, 0.29) is 5.92 Å². The highest BCUT2D eigenvalue weighted by Crippen LogP contribution is 2.25. The van der Waals surface area contributed by atoms with Crippen LogP contribution in [0, 0.1) is 6.92 Å². The van der Waals surface area contributed by atoms with Gasteiger partial charge in [0.25, 0.3) is 0 Å². The third-order valence-corrected chi connectivity index (χ3v) is 3.09. The van der Waals surface area contributed by atoms with E-state index in [0.29, 0.717) is 6.54 Å². The minimum absolute atomic E-state index is 0.246. The summed E-state index contributed by atoms with van der Waals surface area (Å²) in [6.07, 6.45) is 0. The van der Waals surface area contributed by atoms with Crippen molar-refractivity contribution in [2.24, 2.45) is 5.73 Å². The Morgan fingerprint density at radius 2 is 2.00 bits per heavy atom. The lowest BCUT2D eigenvalue weighted by molar-refractivity contribution is 0.415. The van der Waals surface area contributed by atoms with Crippen molar-refractivity contribution < 1.29 is 4.74 Å². The number of benzene rings is 1. The second-order valence-corrected chi connectivity index (χ2v) is 4.46. The molecule has 2 rings (SSSR count). The molecule has 1 atom stereocenters. The molecule has 96 valence electrons. The Balaban J connectivity index is 2.34. The molecule has 4 nitrogen and oxygen atoms in total. The summed E-state index contributed by atoms with van der Waals surface area (Å²) >= 11 is 0. The Labute approximate surface area is 107 Å². The van der Waals surface area contributed by atoms with E-state index < -0.39 is 0 Å². The molecule has 0 bridgehead atoms. The van der Waals surface area contributed by atoms with E-state index >= 15 is 0 Å². The molecular weight excluding hydrogens is 226 g/mol. The summed E-state index contributed by atoms with van der Waals surface area (Å²) in [6.45, 7) is 4.68. The molecule has 0 aliphatic rings. The van der Waals surface area contributed by atoms with Gasteiger partial charge in [0.05, 0.1) is 12.8 Å². The summed E-state index contributed by atoms with van der Waals surface area (Å²) in [5, 5.41) is 0. The van der Waals surface area contributed by atoms with Crippen LogP contribution < -0.4 is 10.5 Å². The Kier molecular flexibility index (Phi) is 3.67. The van der Waals surface area contributed by atoms with Gasteiger partial charge >= 0.3 is 0 Å². The highest BCUT2D eigenvalue weighted by molar-refractivity contribution is 5.62. The second kappa shape index (κ2) is 5.23. The topological polar surface area (TPSA) is 63.9 Å². The van der Waals surface area contributed by atoms with Gasteiger partial charge in [-0.05, 0) is 31.2 Å². The van der Waals surface area contributed by atoms with Gasteiger partial charge in [-0.25, -0.2) is 4.98 Å². The number of nitrogens with two attached hydrogens (primary N) is 1. The zero-order valence-corrected chi connectivity index (χ0v) is 11.0. The van der Waals surface area contributed by atoms with Crippen LogP contribution in [0.25, 0.3) is 11.3 Å². The quantitative estimate of drug-likeness (QED) is 0.869. The number of aromatic amines is 1. The first-order valence-electron chi connectivity index (χ1n) is 6.06. The third kappa shape index (κ3) is 2.38. The lowest BCUT2D eigenvalue weighted by Crippen LogP contribution is -2.10. The molecule has 0 spiro atoms. The van der Waals surface area contributed by atoms with Crippen molar-refractivity contribution in [1.29, 1.82) is 0 Å². The van der Waals surface area contributed by atoms with Gasteiger partial charge in [0.2, 0.25) is 0 Å². The molecular formula is C14H19N3O. The van der Waals surface area contributed by atoms with E-state index in [1.165, 1.54) is 0 Å². The zero-order valence-electron chi connectivity index (χ0n) is 11.0. The van der Waals surface area contributed by atoms with E-state index in [0.717, 1.165) is 28.5 Å². The molecule has 0 radical (unpaired) electrons. The van der Waals surface area contributed by atoms with Crippen molar-refractivity contribution in [3.8, 4) is 17.0 Å². The Morgan fingerprint density at radius 1 is 1.33 bits per heavy atom. The van der Waals surface area contributed by atoms with Crippen molar-refractivity contribution in [2.75, 3.05) is 13.7 Å². The van der Waals surface area contributed by atoms with Gasteiger partial charge in [0, 0.05) is 23.7 Å². The number of H-pyrrole nitrogens is 1. The van der Waals surface area contributed by atoms with Crippen molar-refractivity contribution in [3.05, 3.63) is 35.8 Å². The molecule has 1 heterocycles. The maximum absolute atomic E-state index is 5.66. The standard InChI is InChI=1S/C14H19N3O/c1-9(8-15)14-16-10(2)13(17-14)11-4-6-12(18-3)7-5-11/h4-7,9H,8,15H2,1-3H3,(H,16,17). The Bertz CT molecular complexity index is 516. The predicted octanol–water partition coefficient (Wildman–Crippen LogP) is 2.46. The molecule has 1 unspecified atom stereocenters. The number of methoxy groups -OCH3 is 1.